The van der Waals surface area contributed by atoms with Crippen molar-refractivity contribution < 1.29 is 4.74 Å². The van der Waals surface area contributed by atoms with Crippen LogP contribution in [0.15, 0.2) is 36.4 Å². The van der Waals surface area contributed by atoms with E-state index < -0.39 is 0 Å². The summed E-state index contributed by atoms with van der Waals surface area (Å²) in [4.78, 5) is 0. The molecule has 2 atom stereocenters. The molecule has 0 radical (unpaired) electrons. The lowest BCUT2D eigenvalue weighted by Gasteiger charge is -2.12. The Morgan fingerprint density at radius 3 is 2.80 bits per heavy atom. The van der Waals surface area contributed by atoms with Crippen molar-refractivity contribution in [3.8, 4) is 5.75 Å². The van der Waals surface area contributed by atoms with Gasteiger partial charge in [0.2, 0.25) is 0 Å². The van der Waals surface area contributed by atoms with Crippen LogP contribution in [0.1, 0.15) is 30.7 Å². The molecule has 2 aliphatic carbocycles. The summed E-state index contributed by atoms with van der Waals surface area (Å²) in [7, 11) is 1.79. The number of fused-ring (bicyclic) bond motifs is 1. The number of hydrogen-bond donors (Lipinski definition) is 1. The first-order chi connectivity index (χ1) is 9.86. The monoisotopic (exact) mass is 267 g/mol. The molecule has 2 heteroatoms. The molecule has 1 N–H and O–H groups in total. The van der Waals surface area contributed by atoms with Gasteiger partial charge >= 0.3 is 0 Å². The summed E-state index contributed by atoms with van der Waals surface area (Å²) < 4.78 is 5.62. The number of benzene rings is 2. The molecule has 0 bridgehead atoms. The van der Waals surface area contributed by atoms with Crippen molar-refractivity contribution in [1.29, 1.82) is 0 Å². The van der Waals surface area contributed by atoms with E-state index in [-0.39, 0.29) is 0 Å². The molecular formula is C18H21NO. The zero-order valence-corrected chi connectivity index (χ0v) is 11.9. The van der Waals surface area contributed by atoms with Crippen LogP contribution in [0.5, 0.6) is 5.75 Å². The summed E-state index contributed by atoms with van der Waals surface area (Å²) in [6, 6.07) is 13.8. The smallest absolute Gasteiger partial charge is 0.122 e. The van der Waals surface area contributed by atoms with Crippen molar-refractivity contribution in [3.63, 3.8) is 0 Å². The van der Waals surface area contributed by atoms with E-state index in [1.807, 2.05) is 0 Å². The van der Waals surface area contributed by atoms with Crippen molar-refractivity contribution in [2.24, 2.45) is 5.92 Å². The Bertz CT molecular complexity index is 632. The third kappa shape index (κ3) is 2.18. The van der Waals surface area contributed by atoms with Gasteiger partial charge in [-0.2, -0.15) is 0 Å². The van der Waals surface area contributed by atoms with Crippen LogP contribution in [0.2, 0.25) is 0 Å². The predicted molar refractivity (Wildman–Crippen MR) is 82.4 cm³/mol. The number of hydrogen-bond acceptors (Lipinski definition) is 2. The van der Waals surface area contributed by atoms with Crippen molar-refractivity contribution in [2.45, 2.75) is 31.2 Å². The van der Waals surface area contributed by atoms with Gasteiger partial charge in [0.05, 0.1) is 7.11 Å². The molecule has 0 saturated heterocycles. The number of rotatable bonds is 5. The van der Waals surface area contributed by atoms with Crippen molar-refractivity contribution >= 4 is 10.8 Å². The summed E-state index contributed by atoms with van der Waals surface area (Å²) in [5.41, 5.74) is 1.42. The van der Waals surface area contributed by atoms with Crippen LogP contribution >= 0.6 is 0 Å². The maximum absolute atomic E-state index is 5.62. The molecule has 0 aliphatic heterocycles. The topological polar surface area (TPSA) is 21.3 Å². The van der Waals surface area contributed by atoms with Gasteiger partial charge in [-0.1, -0.05) is 30.3 Å². The second-order valence-corrected chi connectivity index (χ2v) is 6.19. The molecule has 2 nitrogen and oxygen atoms in total. The SMILES string of the molecule is COc1ccc2ccccc2c1C1CC1CNC1CC1. The fourth-order valence-electron chi connectivity index (χ4n) is 3.27. The summed E-state index contributed by atoms with van der Waals surface area (Å²) in [6.45, 7) is 1.17. The third-order valence-electron chi connectivity index (χ3n) is 4.69. The van der Waals surface area contributed by atoms with Crippen LogP contribution in [0.4, 0.5) is 0 Å². The molecule has 0 spiro atoms. The van der Waals surface area contributed by atoms with Crippen LogP contribution in [0, 0.1) is 5.92 Å². The van der Waals surface area contributed by atoms with E-state index in [2.05, 4.69) is 41.7 Å². The molecule has 0 amide bonds. The summed E-state index contributed by atoms with van der Waals surface area (Å²) in [5.74, 6) is 2.51. The Labute approximate surface area is 120 Å². The molecule has 2 unspecified atom stereocenters. The van der Waals surface area contributed by atoms with E-state index in [1.165, 1.54) is 42.1 Å². The lowest BCUT2D eigenvalue weighted by atomic mass is 9.99. The molecule has 2 fully saturated rings. The molecule has 4 rings (SSSR count). The quantitative estimate of drug-likeness (QED) is 0.891. The van der Waals surface area contributed by atoms with Gasteiger partial charge in [-0.05, 0) is 54.5 Å². The average molecular weight is 267 g/mol. The minimum Gasteiger partial charge on any atom is -0.496 e. The molecule has 0 aromatic heterocycles. The normalized spacial score (nSPS) is 24.9. The van der Waals surface area contributed by atoms with Crippen LogP contribution in [0.25, 0.3) is 10.8 Å². The number of ether oxygens (including phenoxy) is 1. The second kappa shape index (κ2) is 4.78. The van der Waals surface area contributed by atoms with Gasteiger partial charge < -0.3 is 10.1 Å². The minimum absolute atomic E-state index is 0.669. The van der Waals surface area contributed by atoms with Crippen LogP contribution in [0.3, 0.4) is 0 Å². The number of methoxy groups -OCH3 is 1. The van der Waals surface area contributed by atoms with E-state index in [4.69, 9.17) is 4.74 Å². The Hall–Kier alpha value is -1.54. The summed E-state index contributed by atoms with van der Waals surface area (Å²) >= 11 is 0. The summed E-state index contributed by atoms with van der Waals surface area (Å²) in [5, 5.41) is 6.35. The van der Waals surface area contributed by atoms with E-state index in [0.717, 1.165) is 17.7 Å². The molecule has 104 valence electrons. The molecular weight excluding hydrogens is 246 g/mol. The largest absolute Gasteiger partial charge is 0.496 e. The lowest BCUT2D eigenvalue weighted by molar-refractivity contribution is 0.410. The first-order valence-electron chi connectivity index (χ1n) is 7.66. The Kier molecular flexibility index (Phi) is 2.92. The lowest BCUT2D eigenvalue weighted by Crippen LogP contribution is -2.19. The van der Waals surface area contributed by atoms with E-state index in [9.17, 15) is 0 Å². The van der Waals surface area contributed by atoms with Crippen LogP contribution in [-0.2, 0) is 0 Å². The van der Waals surface area contributed by atoms with Crippen LogP contribution < -0.4 is 10.1 Å². The highest BCUT2D eigenvalue weighted by molar-refractivity contribution is 5.88. The van der Waals surface area contributed by atoms with Gasteiger partial charge in [0.1, 0.15) is 5.75 Å². The zero-order valence-electron chi connectivity index (χ0n) is 11.9. The highest BCUT2D eigenvalue weighted by atomic mass is 16.5. The second-order valence-electron chi connectivity index (χ2n) is 6.19. The van der Waals surface area contributed by atoms with E-state index in [0.29, 0.717) is 5.92 Å². The van der Waals surface area contributed by atoms with Gasteiger partial charge in [0.25, 0.3) is 0 Å². The van der Waals surface area contributed by atoms with E-state index >= 15 is 0 Å². The molecule has 2 aromatic carbocycles. The fourth-order valence-corrected chi connectivity index (χ4v) is 3.27. The Balaban J connectivity index is 1.64. The molecule has 20 heavy (non-hydrogen) atoms. The standard InChI is InChI=1S/C18H21NO/c1-20-17-9-6-12-4-2-3-5-15(12)18(17)16-10-13(16)11-19-14-7-8-14/h2-6,9,13-14,16,19H,7-8,10-11H2,1H3. The summed E-state index contributed by atoms with van der Waals surface area (Å²) in [6.07, 6.45) is 4.04. The first-order valence-corrected chi connectivity index (χ1v) is 7.66. The van der Waals surface area contributed by atoms with Gasteiger partial charge in [-0.3, -0.25) is 0 Å². The molecule has 2 saturated carbocycles. The van der Waals surface area contributed by atoms with Gasteiger partial charge in [-0.15, -0.1) is 0 Å². The number of nitrogens with one attached hydrogen (secondary N) is 1. The van der Waals surface area contributed by atoms with Crippen molar-refractivity contribution in [2.75, 3.05) is 13.7 Å². The maximum Gasteiger partial charge on any atom is 0.122 e. The third-order valence-corrected chi connectivity index (χ3v) is 4.69. The highest BCUT2D eigenvalue weighted by Gasteiger charge is 2.41. The van der Waals surface area contributed by atoms with Crippen molar-refractivity contribution in [1.82, 2.24) is 5.32 Å². The first kappa shape index (κ1) is 12.2. The van der Waals surface area contributed by atoms with E-state index in [1.54, 1.807) is 7.11 Å². The maximum atomic E-state index is 5.62. The van der Waals surface area contributed by atoms with Gasteiger partial charge in [0.15, 0.2) is 0 Å². The highest BCUT2D eigenvalue weighted by Crippen LogP contribution is 2.52. The Morgan fingerprint density at radius 1 is 1.15 bits per heavy atom. The van der Waals surface area contributed by atoms with Crippen LogP contribution in [-0.4, -0.2) is 19.7 Å². The Morgan fingerprint density at radius 2 is 2.00 bits per heavy atom. The molecule has 0 heterocycles. The average Bonchev–Trinajstić information content (AvgIpc) is 3.38. The fraction of sp³-hybridized carbons (Fsp3) is 0.444. The van der Waals surface area contributed by atoms with Gasteiger partial charge in [0, 0.05) is 11.6 Å². The molecule has 2 aliphatic rings. The van der Waals surface area contributed by atoms with Crippen molar-refractivity contribution in [3.05, 3.63) is 42.0 Å². The molecule has 2 aromatic rings. The zero-order chi connectivity index (χ0) is 13.5. The predicted octanol–water partition coefficient (Wildman–Crippen LogP) is 3.70. The minimum atomic E-state index is 0.669. The van der Waals surface area contributed by atoms with Gasteiger partial charge in [-0.25, -0.2) is 0 Å².